The molecule has 7 heteroatoms. The minimum absolute atomic E-state index is 0.0343. The first-order valence-electron chi connectivity index (χ1n) is 16.6. The number of aliphatic hydroxyl groups excluding tert-OH is 1. The van der Waals surface area contributed by atoms with Gasteiger partial charge in [-0.25, -0.2) is 9.59 Å². The fourth-order valence-corrected chi connectivity index (χ4v) is 8.22. The van der Waals surface area contributed by atoms with Crippen LogP contribution in [0.3, 0.4) is 0 Å². The SMILES string of the molecule is C=C1C(O)CC2C3(C)CCC(OC(=O)/C=C/C=C/C=C/C(C)CC)C(C)(C)OC3CCC2(C)C1Cc1c(O)c(C)c(C)oc1=O. The number of aryl methyl sites for hydroxylation is 1. The highest BCUT2D eigenvalue weighted by atomic mass is 16.6. The summed E-state index contributed by atoms with van der Waals surface area (Å²) in [6.45, 7) is 20.5. The van der Waals surface area contributed by atoms with Crippen LogP contribution < -0.4 is 5.63 Å². The minimum Gasteiger partial charge on any atom is -0.507 e. The first-order valence-corrected chi connectivity index (χ1v) is 16.6. The zero-order valence-electron chi connectivity index (χ0n) is 28.5. The first kappa shape index (κ1) is 35.0. The van der Waals surface area contributed by atoms with Crippen LogP contribution in [0.5, 0.6) is 5.75 Å². The van der Waals surface area contributed by atoms with Crippen molar-refractivity contribution in [2.75, 3.05) is 0 Å². The van der Waals surface area contributed by atoms with E-state index < -0.39 is 29.4 Å². The number of fused-ring (bicyclic) bond motifs is 3. The van der Waals surface area contributed by atoms with Crippen LogP contribution in [0, 0.1) is 42.4 Å². The topological polar surface area (TPSA) is 106 Å². The van der Waals surface area contributed by atoms with Crippen LogP contribution in [-0.4, -0.2) is 40.1 Å². The molecule has 1 saturated heterocycles. The average molecular weight is 623 g/mol. The second-order valence-electron chi connectivity index (χ2n) is 14.8. The molecular weight excluding hydrogens is 568 g/mol. The maximum atomic E-state index is 12.9. The summed E-state index contributed by atoms with van der Waals surface area (Å²) in [5, 5.41) is 22.3. The smallest absolute Gasteiger partial charge is 0.342 e. The largest absolute Gasteiger partial charge is 0.507 e. The molecule has 0 aromatic carbocycles. The number of carbonyl (C=O) groups is 1. The Morgan fingerprint density at radius 3 is 2.44 bits per heavy atom. The van der Waals surface area contributed by atoms with Crippen molar-refractivity contribution in [1.29, 1.82) is 0 Å². The normalized spacial score (nSPS) is 34.1. The van der Waals surface area contributed by atoms with Crippen molar-refractivity contribution >= 4 is 5.97 Å². The number of ether oxygens (including phenoxy) is 2. The van der Waals surface area contributed by atoms with E-state index >= 15 is 0 Å². The lowest BCUT2D eigenvalue weighted by molar-refractivity contribution is -0.209. The van der Waals surface area contributed by atoms with Gasteiger partial charge < -0.3 is 24.1 Å². The van der Waals surface area contributed by atoms with Crippen LogP contribution in [0.4, 0.5) is 0 Å². The molecule has 1 aromatic heterocycles. The predicted octanol–water partition coefficient (Wildman–Crippen LogP) is 7.45. The Kier molecular flexibility index (Phi) is 10.4. The van der Waals surface area contributed by atoms with E-state index in [2.05, 4.69) is 40.3 Å². The Morgan fingerprint density at radius 2 is 1.76 bits per heavy atom. The fourth-order valence-electron chi connectivity index (χ4n) is 8.22. The van der Waals surface area contributed by atoms with E-state index in [9.17, 15) is 19.8 Å². The van der Waals surface area contributed by atoms with Gasteiger partial charge in [-0.05, 0) is 100 Å². The van der Waals surface area contributed by atoms with Gasteiger partial charge in [-0.1, -0.05) is 71.1 Å². The third kappa shape index (κ3) is 6.95. The van der Waals surface area contributed by atoms with Gasteiger partial charge in [0.2, 0.25) is 0 Å². The van der Waals surface area contributed by atoms with Gasteiger partial charge in [0.05, 0.1) is 23.4 Å². The molecule has 2 aliphatic carbocycles. The van der Waals surface area contributed by atoms with E-state index in [1.54, 1.807) is 19.9 Å². The van der Waals surface area contributed by atoms with E-state index in [1.165, 1.54) is 6.08 Å². The predicted molar refractivity (Wildman–Crippen MR) is 177 cm³/mol. The van der Waals surface area contributed by atoms with Gasteiger partial charge in [-0.3, -0.25) is 0 Å². The summed E-state index contributed by atoms with van der Waals surface area (Å²) in [7, 11) is 0. The van der Waals surface area contributed by atoms with Crippen LogP contribution in [0.15, 0.2) is 57.8 Å². The molecule has 8 unspecified atom stereocenters. The summed E-state index contributed by atoms with van der Waals surface area (Å²) in [6.07, 6.45) is 14.6. The third-order valence-corrected chi connectivity index (χ3v) is 11.5. The number of aliphatic hydroxyl groups is 1. The molecule has 3 aliphatic rings. The van der Waals surface area contributed by atoms with Gasteiger partial charge in [0, 0.05) is 11.6 Å². The van der Waals surface area contributed by atoms with Crippen molar-refractivity contribution in [1.82, 2.24) is 0 Å². The van der Waals surface area contributed by atoms with Crippen molar-refractivity contribution in [3.05, 3.63) is 75.9 Å². The van der Waals surface area contributed by atoms with Crippen LogP contribution in [0.2, 0.25) is 0 Å². The molecule has 2 saturated carbocycles. The van der Waals surface area contributed by atoms with Crippen LogP contribution in [0.1, 0.15) is 97.0 Å². The Morgan fingerprint density at radius 1 is 1.09 bits per heavy atom. The van der Waals surface area contributed by atoms with E-state index in [-0.39, 0.29) is 46.5 Å². The van der Waals surface area contributed by atoms with E-state index in [4.69, 9.17) is 13.9 Å². The van der Waals surface area contributed by atoms with Gasteiger partial charge in [-0.15, -0.1) is 0 Å². The van der Waals surface area contributed by atoms with Crippen molar-refractivity contribution < 1.29 is 28.9 Å². The molecule has 7 nitrogen and oxygen atoms in total. The standard InChI is InChI=1S/C38H54O7/c1-10-23(2)15-13-11-12-14-16-33(40)44-31-17-20-38(9)30-22-29(39)25(4)28(21-27-34(41)24(3)26(5)43-35(27)42)37(30,8)19-18-32(38)45-36(31,6)7/h11-16,23,28-32,39,41H,4,10,17-22H2,1-3,5-9H3/b12-11+,15-13+,16-14+. The lowest BCUT2D eigenvalue weighted by Gasteiger charge is -2.62. The summed E-state index contributed by atoms with van der Waals surface area (Å²) in [4.78, 5) is 25.8. The van der Waals surface area contributed by atoms with Crippen molar-refractivity contribution in [3.63, 3.8) is 0 Å². The zero-order valence-corrected chi connectivity index (χ0v) is 28.5. The maximum Gasteiger partial charge on any atom is 0.342 e. The Balaban J connectivity index is 1.56. The molecule has 2 heterocycles. The summed E-state index contributed by atoms with van der Waals surface area (Å²) in [5.74, 6) is 0.294. The highest BCUT2D eigenvalue weighted by molar-refractivity contribution is 5.82. The third-order valence-electron chi connectivity index (χ3n) is 11.5. The van der Waals surface area contributed by atoms with Crippen LogP contribution in [-0.2, 0) is 20.7 Å². The summed E-state index contributed by atoms with van der Waals surface area (Å²) < 4.78 is 18.3. The Labute approximate surface area is 269 Å². The highest BCUT2D eigenvalue weighted by Gasteiger charge is 2.62. The molecule has 1 aromatic rings. The van der Waals surface area contributed by atoms with Gasteiger partial charge in [0.25, 0.3) is 0 Å². The Hall–Kier alpha value is -2.90. The van der Waals surface area contributed by atoms with E-state index in [0.717, 1.165) is 25.7 Å². The summed E-state index contributed by atoms with van der Waals surface area (Å²) >= 11 is 0. The second kappa shape index (κ2) is 13.4. The molecule has 4 rings (SSSR count). The van der Waals surface area contributed by atoms with Crippen LogP contribution >= 0.6 is 0 Å². The summed E-state index contributed by atoms with van der Waals surface area (Å²) in [6, 6.07) is 0. The molecule has 0 spiro atoms. The lowest BCUT2D eigenvalue weighted by Crippen LogP contribution is -2.59. The minimum atomic E-state index is -0.743. The molecule has 0 bridgehead atoms. The molecule has 3 fully saturated rings. The van der Waals surface area contributed by atoms with E-state index in [0.29, 0.717) is 35.7 Å². The Bertz CT molecular complexity index is 1410. The number of hydrogen-bond acceptors (Lipinski definition) is 7. The van der Waals surface area contributed by atoms with Gasteiger partial charge in [0.1, 0.15) is 17.6 Å². The number of carbonyl (C=O) groups excluding carboxylic acids is 1. The number of esters is 1. The van der Waals surface area contributed by atoms with Crippen molar-refractivity contribution in [2.24, 2.45) is 28.6 Å². The molecule has 0 amide bonds. The van der Waals surface area contributed by atoms with Gasteiger partial charge >= 0.3 is 11.6 Å². The molecule has 2 N–H and O–H groups in total. The molecule has 248 valence electrons. The number of hydrogen-bond donors (Lipinski definition) is 2. The number of rotatable bonds is 8. The number of aromatic hydroxyl groups is 1. The molecule has 8 atom stereocenters. The number of allylic oxidation sites excluding steroid dienone is 5. The monoisotopic (exact) mass is 622 g/mol. The van der Waals surface area contributed by atoms with Crippen LogP contribution in [0.25, 0.3) is 0 Å². The van der Waals surface area contributed by atoms with Gasteiger partial charge in [0.15, 0.2) is 0 Å². The van der Waals surface area contributed by atoms with Crippen molar-refractivity contribution in [3.8, 4) is 5.75 Å². The van der Waals surface area contributed by atoms with Crippen molar-refractivity contribution in [2.45, 2.75) is 124 Å². The zero-order chi connectivity index (χ0) is 33.3. The fraction of sp³-hybridized carbons (Fsp3) is 0.632. The molecule has 45 heavy (non-hydrogen) atoms. The summed E-state index contributed by atoms with van der Waals surface area (Å²) in [5.41, 5.74) is -0.373. The lowest BCUT2D eigenvalue weighted by atomic mass is 9.44. The first-order chi connectivity index (χ1) is 21.0. The second-order valence-corrected chi connectivity index (χ2v) is 14.8. The molecule has 0 radical (unpaired) electrons. The quantitative estimate of drug-likeness (QED) is 0.134. The average Bonchev–Trinajstić information content (AvgIpc) is 3.07. The molecule has 1 aliphatic heterocycles. The molecular formula is C38H54O7. The highest BCUT2D eigenvalue weighted by Crippen LogP contribution is 2.64. The van der Waals surface area contributed by atoms with Gasteiger partial charge in [-0.2, -0.15) is 0 Å². The maximum absolute atomic E-state index is 12.9. The van der Waals surface area contributed by atoms with E-state index in [1.807, 2.05) is 32.1 Å².